The third-order valence-corrected chi connectivity index (χ3v) is 3.97. The molecule has 3 rings (SSSR count). The molecule has 0 radical (unpaired) electrons. The number of carbonyl (C=O) groups is 1. The maximum absolute atomic E-state index is 12.2. The summed E-state index contributed by atoms with van der Waals surface area (Å²) >= 11 is 11.9. The minimum atomic E-state index is -0.703. The van der Waals surface area contributed by atoms with Gasteiger partial charge in [-0.2, -0.15) is 0 Å². The smallest absolute Gasteiger partial charge is 0.341 e. The van der Waals surface area contributed by atoms with Crippen molar-refractivity contribution in [3.8, 4) is 5.75 Å². The second-order valence-electron chi connectivity index (χ2n) is 4.94. The van der Waals surface area contributed by atoms with Gasteiger partial charge in [0.25, 0.3) is 0 Å². The topological polar surface area (TPSA) is 76.7 Å². The number of halogens is 2. The lowest BCUT2D eigenvalue weighted by atomic mass is 10.1. The molecule has 1 N–H and O–H groups in total. The van der Waals surface area contributed by atoms with Gasteiger partial charge in [-0.15, -0.1) is 0 Å². The maximum Gasteiger partial charge on any atom is 0.341 e. The SMILES string of the molecule is O=C(OCc1cc(=O)oc2cc(O)ccc12)c1c(Cl)cccc1Cl. The van der Waals surface area contributed by atoms with Crippen LogP contribution in [0.25, 0.3) is 11.0 Å². The van der Waals surface area contributed by atoms with Gasteiger partial charge in [-0.3, -0.25) is 0 Å². The summed E-state index contributed by atoms with van der Waals surface area (Å²) in [5.74, 6) is -0.742. The molecule has 0 aliphatic carbocycles. The number of fused-ring (bicyclic) bond motifs is 1. The molecule has 0 spiro atoms. The zero-order valence-corrected chi connectivity index (χ0v) is 13.6. The predicted octanol–water partition coefficient (Wildman–Crippen LogP) is 4.16. The molecule has 0 saturated heterocycles. The molecule has 7 heteroatoms. The molecule has 3 aromatic rings. The van der Waals surface area contributed by atoms with Crippen molar-refractivity contribution < 1.29 is 19.1 Å². The van der Waals surface area contributed by atoms with E-state index in [0.717, 1.165) is 0 Å². The van der Waals surface area contributed by atoms with E-state index in [1.165, 1.54) is 30.3 Å². The summed E-state index contributed by atoms with van der Waals surface area (Å²) in [6.45, 7) is -0.173. The monoisotopic (exact) mass is 364 g/mol. The van der Waals surface area contributed by atoms with Crippen LogP contribution in [0.2, 0.25) is 10.0 Å². The molecule has 0 aliphatic rings. The Hall–Kier alpha value is -2.50. The highest BCUT2D eigenvalue weighted by Crippen LogP contribution is 2.26. The van der Waals surface area contributed by atoms with Gasteiger partial charge in [0.2, 0.25) is 0 Å². The van der Waals surface area contributed by atoms with Gasteiger partial charge < -0.3 is 14.3 Å². The number of phenolic OH excluding ortho intramolecular Hbond substituents is 1. The van der Waals surface area contributed by atoms with Gasteiger partial charge >= 0.3 is 11.6 Å². The van der Waals surface area contributed by atoms with Crippen molar-refractivity contribution in [2.45, 2.75) is 6.61 Å². The highest BCUT2D eigenvalue weighted by atomic mass is 35.5. The minimum absolute atomic E-state index is 0.0392. The van der Waals surface area contributed by atoms with E-state index in [1.807, 2.05) is 0 Å². The molecule has 1 aromatic heterocycles. The largest absolute Gasteiger partial charge is 0.508 e. The van der Waals surface area contributed by atoms with E-state index in [-0.39, 0.29) is 33.5 Å². The molecular formula is C17H10Cl2O5. The first-order valence-corrected chi connectivity index (χ1v) is 7.58. The van der Waals surface area contributed by atoms with Gasteiger partial charge in [0.05, 0.1) is 15.6 Å². The normalized spacial score (nSPS) is 10.8. The first-order valence-electron chi connectivity index (χ1n) is 6.82. The second kappa shape index (κ2) is 6.55. The number of hydrogen-bond donors (Lipinski definition) is 1. The highest BCUT2D eigenvalue weighted by molar-refractivity contribution is 6.39. The molecule has 122 valence electrons. The number of rotatable bonds is 3. The molecule has 0 unspecified atom stereocenters. The van der Waals surface area contributed by atoms with Gasteiger partial charge in [0.1, 0.15) is 17.9 Å². The summed E-state index contributed by atoms with van der Waals surface area (Å²) in [5.41, 5.74) is 0.0859. The fourth-order valence-corrected chi connectivity index (χ4v) is 2.80. The van der Waals surface area contributed by atoms with E-state index in [1.54, 1.807) is 12.1 Å². The number of phenols is 1. The van der Waals surface area contributed by atoms with Gasteiger partial charge in [-0.1, -0.05) is 29.3 Å². The van der Waals surface area contributed by atoms with Gasteiger partial charge in [0.15, 0.2) is 0 Å². The van der Waals surface area contributed by atoms with Crippen molar-refractivity contribution in [2.24, 2.45) is 0 Å². The lowest BCUT2D eigenvalue weighted by Crippen LogP contribution is -2.09. The molecule has 24 heavy (non-hydrogen) atoms. The number of aromatic hydroxyl groups is 1. The fraction of sp³-hybridized carbons (Fsp3) is 0.0588. The Morgan fingerprint density at radius 2 is 1.83 bits per heavy atom. The summed E-state index contributed by atoms with van der Waals surface area (Å²) in [7, 11) is 0. The van der Waals surface area contributed by atoms with Gasteiger partial charge in [0, 0.05) is 23.1 Å². The molecule has 0 fully saturated rings. The Morgan fingerprint density at radius 3 is 2.54 bits per heavy atom. The first kappa shape index (κ1) is 16.4. The van der Waals surface area contributed by atoms with Crippen LogP contribution in [-0.2, 0) is 11.3 Å². The van der Waals surface area contributed by atoms with Crippen molar-refractivity contribution in [1.29, 1.82) is 0 Å². The lowest BCUT2D eigenvalue weighted by Gasteiger charge is -2.09. The summed E-state index contributed by atoms with van der Waals surface area (Å²) in [5, 5.41) is 10.4. The fourth-order valence-electron chi connectivity index (χ4n) is 2.25. The Morgan fingerprint density at radius 1 is 1.12 bits per heavy atom. The van der Waals surface area contributed by atoms with Crippen molar-refractivity contribution in [3.05, 3.63) is 74.1 Å². The maximum atomic E-state index is 12.2. The van der Waals surface area contributed by atoms with Crippen LogP contribution in [0.3, 0.4) is 0 Å². The second-order valence-corrected chi connectivity index (χ2v) is 5.76. The van der Waals surface area contributed by atoms with E-state index in [0.29, 0.717) is 10.9 Å². The minimum Gasteiger partial charge on any atom is -0.508 e. The van der Waals surface area contributed by atoms with Crippen LogP contribution >= 0.6 is 23.2 Å². The third kappa shape index (κ3) is 3.22. The van der Waals surface area contributed by atoms with Crippen molar-refractivity contribution >= 4 is 40.1 Å². The zero-order chi connectivity index (χ0) is 17.3. The molecule has 1 heterocycles. The van der Waals surface area contributed by atoms with E-state index < -0.39 is 11.6 Å². The van der Waals surface area contributed by atoms with E-state index in [2.05, 4.69) is 0 Å². The van der Waals surface area contributed by atoms with Crippen LogP contribution in [0.4, 0.5) is 0 Å². The molecular weight excluding hydrogens is 355 g/mol. The molecule has 2 aromatic carbocycles. The van der Waals surface area contributed by atoms with Crippen LogP contribution in [0, 0.1) is 0 Å². The Bertz CT molecular complexity index is 974. The summed E-state index contributed by atoms with van der Waals surface area (Å²) in [6, 6.07) is 10.2. The quantitative estimate of drug-likeness (QED) is 0.557. The van der Waals surface area contributed by atoms with Crippen molar-refractivity contribution in [1.82, 2.24) is 0 Å². The highest BCUT2D eigenvalue weighted by Gasteiger charge is 2.17. The standard InChI is InChI=1S/C17H10Cl2O5/c18-12-2-1-3-13(19)16(12)17(22)23-8-9-6-15(21)24-14-7-10(20)4-5-11(9)14/h1-7,20H,8H2. The molecule has 0 amide bonds. The lowest BCUT2D eigenvalue weighted by molar-refractivity contribution is 0.0474. The van der Waals surface area contributed by atoms with E-state index in [4.69, 9.17) is 32.4 Å². The van der Waals surface area contributed by atoms with Crippen LogP contribution in [-0.4, -0.2) is 11.1 Å². The van der Waals surface area contributed by atoms with Crippen molar-refractivity contribution in [2.75, 3.05) is 0 Å². The number of ether oxygens (including phenoxy) is 1. The molecule has 0 aliphatic heterocycles. The average Bonchev–Trinajstić information content (AvgIpc) is 2.51. The first-order chi connectivity index (χ1) is 11.5. The number of hydrogen-bond acceptors (Lipinski definition) is 5. The Labute approximate surface area is 146 Å². The van der Waals surface area contributed by atoms with Gasteiger partial charge in [-0.25, -0.2) is 9.59 Å². The average molecular weight is 365 g/mol. The molecule has 0 saturated carbocycles. The number of esters is 1. The van der Waals surface area contributed by atoms with Crippen LogP contribution in [0.1, 0.15) is 15.9 Å². The number of benzene rings is 2. The summed E-state index contributed by atoms with van der Waals surface area (Å²) < 4.78 is 10.2. The van der Waals surface area contributed by atoms with Gasteiger partial charge in [-0.05, 0) is 24.3 Å². The van der Waals surface area contributed by atoms with E-state index >= 15 is 0 Å². The van der Waals surface area contributed by atoms with Crippen LogP contribution < -0.4 is 5.63 Å². The van der Waals surface area contributed by atoms with Crippen molar-refractivity contribution in [3.63, 3.8) is 0 Å². The van der Waals surface area contributed by atoms with E-state index in [9.17, 15) is 14.7 Å². The molecule has 0 atom stereocenters. The molecule has 0 bridgehead atoms. The van der Waals surface area contributed by atoms with Crippen LogP contribution in [0.15, 0.2) is 51.7 Å². The Kier molecular flexibility index (Phi) is 4.46. The Balaban J connectivity index is 1.91. The van der Waals surface area contributed by atoms with Crippen LogP contribution in [0.5, 0.6) is 5.75 Å². The zero-order valence-electron chi connectivity index (χ0n) is 12.1. The summed E-state index contributed by atoms with van der Waals surface area (Å²) in [6.07, 6.45) is 0. The predicted molar refractivity (Wildman–Crippen MR) is 89.7 cm³/mol. The molecule has 5 nitrogen and oxygen atoms in total. The summed E-state index contributed by atoms with van der Waals surface area (Å²) in [4.78, 5) is 23.8. The number of carbonyl (C=O) groups excluding carboxylic acids is 1. The third-order valence-electron chi connectivity index (χ3n) is 3.34.